The first-order valence-electron chi connectivity index (χ1n) is 6.72. The molecule has 3 N–H and O–H groups in total. The van der Waals surface area contributed by atoms with Crippen LogP contribution in [0.15, 0.2) is 18.2 Å². The van der Waals surface area contributed by atoms with Crippen molar-refractivity contribution < 1.29 is 14.3 Å². The molecule has 20 heavy (non-hydrogen) atoms. The Bertz CT molecular complexity index is 462. The average molecular weight is 280 g/mol. The largest absolute Gasteiger partial charge is 0.493 e. The molecule has 1 atom stereocenters. The van der Waals surface area contributed by atoms with Gasteiger partial charge in [-0.15, -0.1) is 0 Å². The highest BCUT2D eigenvalue weighted by Gasteiger charge is 2.29. The highest BCUT2D eigenvalue weighted by atomic mass is 16.5. The van der Waals surface area contributed by atoms with E-state index in [9.17, 15) is 4.79 Å². The summed E-state index contributed by atoms with van der Waals surface area (Å²) in [4.78, 5) is 11.4. The van der Waals surface area contributed by atoms with E-state index < -0.39 is 5.54 Å². The molecule has 0 heterocycles. The smallest absolute Gasteiger partial charge is 0.219 e. The van der Waals surface area contributed by atoms with Gasteiger partial charge in [-0.2, -0.15) is 0 Å². The monoisotopic (exact) mass is 280 g/mol. The Kier molecular flexibility index (Phi) is 5.82. The van der Waals surface area contributed by atoms with Crippen molar-refractivity contribution in [3.63, 3.8) is 0 Å². The van der Waals surface area contributed by atoms with Gasteiger partial charge in [0.2, 0.25) is 5.91 Å². The quantitative estimate of drug-likeness (QED) is 0.761. The summed E-state index contributed by atoms with van der Waals surface area (Å²) in [6.07, 6.45) is 1.20. The normalized spacial score (nSPS) is 13.6. The molecule has 0 aliphatic heterocycles. The van der Waals surface area contributed by atoms with Crippen LogP contribution in [-0.4, -0.2) is 26.7 Å². The number of hydrogen-bond donors (Lipinski definition) is 2. The maximum atomic E-state index is 11.4. The molecule has 0 aromatic heterocycles. The van der Waals surface area contributed by atoms with Crippen molar-refractivity contribution in [1.29, 1.82) is 0 Å². The fourth-order valence-corrected chi connectivity index (χ4v) is 2.20. The summed E-state index contributed by atoms with van der Waals surface area (Å²) >= 11 is 0. The average Bonchev–Trinajstić information content (AvgIpc) is 2.43. The topological polar surface area (TPSA) is 73.6 Å². The van der Waals surface area contributed by atoms with Gasteiger partial charge in [-0.05, 0) is 37.6 Å². The summed E-state index contributed by atoms with van der Waals surface area (Å²) in [6, 6.07) is 5.64. The lowest BCUT2D eigenvalue weighted by Gasteiger charge is -2.31. The molecule has 1 unspecified atom stereocenters. The molecule has 0 bridgehead atoms. The Hall–Kier alpha value is -1.75. The van der Waals surface area contributed by atoms with Crippen molar-refractivity contribution >= 4 is 5.91 Å². The molecule has 0 saturated heterocycles. The molecule has 1 aromatic carbocycles. The molecular formula is C15H24N2O3. The molecular weight excluding hydrogens is 256 g/mol. The van der Waals surface area contributed by atoms with Crippen LogP contribution in [-0.2, 0) is 10.3 Å². The van der Waals surface area contributed by atoms with Crippen LogP contribution >= 0.6 is 0 Å². The summed E-state index contributed by atoms with van der Waals surface area (Å²) in [6.45, 7) is 4.85. The van der Waals surface area contributed by atoms with Crippen LogP contribution in [0, 0.1) is 0 Å². The molecule has 0 aliphatic rings. The van der Waals surface area contributed by atoms with Crippen molar-refractivity contribution in [3.8, 4) is 11.5 Å². The van der Waals surface area contributed by atoms with Crippen molar-refractivity contribution in [1.82, 2.24) is 5.32 Å². The number of carbonyl (C=O) groups excluding carboxylic acids is 1. The minimum Gasteiger partial charge on any atom is -0.493 e. The number of rotatable bonds is 8. The lowest BCUT2D eigenvalue weighted by molar-refractivity contribution is -0.119. The second-order valence-corrected chi connectivity index (χ2v) is 4.97. The van der Waals surface area contributed by atoms with Gasteiger partial charge in [-0.3, -0.25) is 4.79 Å². The first-order chi connectivity index (χ1) is 9.46. The molecule has 5 heteroatoms. The van der Waals surface area contributed by atoms with Crippen LogP contribution in [0.2, 0.25) is 0 Å². The Morgan fingerprint density at radius 3 is 2.45 bits per heavy atom. The SMILES string of the molecule is CCCNC(C)(CC(N)=O)c1ccc(OC)c(OC)c1. The van der Waals surface area contributed by atoms with Crippen LogP contribution in [0.25, 0.3) is 0 Å². The standard InChI is InChI=1S/C15H24N2O3/c1-5-8-17-15(2,10-14(16)18)11-6-7-12(19-3)13(9-11)20-4/h6-7,9,17H,5,8,10H2,1-4H3,(H2,16,18). The highest BCUT2D eigenvalue weighted by Crippen LogP contribution is 2.33. The molecule has 112 valence electrons. The van der Waals surface area contributed by atoms with Crippen LogP contribution in [0.5, 0.6) is 11.5 Å². The van der Waals surface area contributed by atoms with Gasteiger partial charge in [0.05, 0.1) is 14.2 Å². The molecule has 1 rings (SSSR count). The lowest BCUT2D eigenvalue weighted by atomic mass is 9.87. The van der Waals surface area contributed by atoms with E-state index in [4.69, 9.17) is 15.2 Å². The van der Waals surface area contributed by atoms with Crippen LogP contribution in [0.1, 0.15) is 32.3 Å². The molecule has 0 aliphatic carbocycles. The lowest BCUT2D eigenvalue weighted by Crippen LogP contribution is -2.43. The van der Waals surface area contributed by atoms with E-state index in [-0.39, 0.29) is 12.3 Å². The molecule has 0 fully saturated rings. The molecule has 0 radical (unpaired) electrons. The third-order valence-electron chi connectivity index (χ3n) is 3.31. The predicted molar refractivity (Wildman–Crippen MR) is 79.0 cm³/mol. The van der Waals surface area contributed by atoms with Gasteiger partial charge in [0.25, 0.3) is 0 Å². The minimum absolute atomic E-state index is 0.225. The van der Waals surface area contributed by atoms with Crippen molar-refractivity contribution in [3.05, 3.63) is 23.8 Å². The number of amides is 1. The Morgan fingerprint density at radius 1 is 1.30 bits per heavy atom. The van der Waals surface area contributed by atoms with E-state index in [1.165, 1.54) is 0 Å². The maximum absolute atomic E-state index is 11.4. The third kappa shape index (κ3) is 3.87. The van der Waals surface area contributed by atoms with Gasteiger partial charge in [-0.1, -0.05) is 13.0 Å². The number of hydrogen-bond acceptors (Lipinski definition) is 4. The summed E-state index contributed by atoms with van der Waals surface area (Å²) in [5.41, 5.74) is 5.81. The number of primary amides is 1. The fourth-order valence-electron chi connectivity index (χ4n) is 2.20. The Labute approximate surface area is 120 Å². The molecule has 0 spiro atoms. The van der Waals surface area contributed by atoms with E-state index in [1.807, 2.05) is 25.1 Å². The number of nitrogens with two attached hydrogens (primary N) is 1. The van der Waals surface area contributed by atoms with E-state index in [1.54, 1.807) is 14.2 Å². The van der Waals surface area contributed by atoms with E-state index in [0.717, 1.165) is 18.5 Å². The third-order valence-corrected chi connectivity index (χ3v) is 3.31. The van der Waals surface area contributed by atoms with Gasteiger partial charge >= 0.3 is 0 Å². The number of carbonyl (C=O) groups is 1. The van der Waals surface area contributed by atoms with Crippen molar-refractivity contribution in [2.24, 2.45) is 5.73 Å². The van der Waals surface area contributed by atoms with Gasteiger partial charge in [0.1, 0.15) is 0 Å². The zero-order chi connectivity index (χ0) is 15.2. The fraction of sp³-hybridized carbons (Fsp3) is 0.533. The maximum Gasteiger partial charge on any atom is 0.219 e. The van der Waals surface area contributed by atoms with E-state index in [0.29, 0.717) is 11.5 Å². The Morgan fingerprint density at radius 2 is 1.95 bits per heavy atom. The zero-order valence-electron chi connectivity index (χ0n) is 12.7. The van der Waals surface area contributed by atoms with Crippen molar-refractivity contribution in [2.75, 3.05) is 20.8 Å². The molecule has 0 saturated carbocycles. The predicted octanol–water partition coefficient (Wildman–Crippen LogP) is 1.79. The number of benzene rings is 1. The second kappa shape index (κ2) is 7.14. The summed E-state index contributed by atoms with van der Waals surface area (Å²) in [7, 11) is 3.18. The van der Waals surface area contributed by atoms with Crippen molar-refractivity contribution in [2.45, 2.75) is 32.2 Å². The molecule has 5 nitrogen and oxygen atoms in total. The van der Waals surface area contributed by atoms with Crippen LogP contribution in [0.3, 0.4) is 0 Å². The number of nitrogens with one attached hydrogen (secondary N) is 1. The number of methoxy groups -OCH3 is 2. The summed E-state index contributed by atoms with van der Waals surface area (Å²) in [5.74, 6) is 0.957. The van der Waals surface area contributed by atoms with Crippen LogP contribution in [0.4, 0.5) is 0 Å². The second-order valence-electron chi connectivity index (χ2n) is 4.97. The minimum atomic E-state index is -0.513. The summed E-state index contributed by atoms with van der Waals surface area (Å²) < 4.78 is 10.5. The summed E-state index contributed by atoms with van der Waals surface area (Å²) in [5, 5.41) is 3.39. The molecule has 1 aromatic rings. The van der Waals surface area contributed by atoms with Gasteiger partial charge in [-0.25, -0.2) is 0 Å². The van der Waals surface area contributed by atoms with Gasteiger partial charge in [0.15, 0.2) is 11.5 Å². The number of ether oxygens (including phenoxy) is 2. The first-order valence-corrected chi connectivity index (χ1v) is 6.72. The van der Waals surface area contributed by atoms with Crippen LogP contribution < -0.4 is 20.5 Å². The van der Waals surface area contributed by atoms with E-state index in [2.05, 4.69) is 12.2 Å². The van der Waals surface area contributed by atoms with Gasteiger partial charge in [0, 0.05) is 12.0 Å². The Balaban J connectivity index is 3.15. The zero-order valence-corrected chi connectivity index (χ0v) is 12.7. The highest BCUT2D eigenvalue weighted by molar-refractivity contribution is 5.75. The first kappa shape index (κ1) is 16.3. The van der Waals surface area contributed by atoms with E-state index >= 15 is 0 Å². The molecule has 1 amide bonds. The van der Waals surface area contributed by atoms with Gasteiger partial charge < -0.3 is 20.5 Å².